The molecule has 0 spiro atoms. The molecule has 1 atom stereocenters. The summed E-state index contributed by atoms with van der Waals surface area (Å²) in [5, 5.41) is 1.53. The van der Waals surface area contributed by atoms with Crippen molar-refractivity contribution < 1.29 is 0 Å². The van der Waals surface area contributed by atoms with E-state index in [0.717, 1.165) is 6.54 Å². The van der Waals surface area contributed by atoms with E-state index in [9.17, 15) is 0 Å². The minimum atomic E-state index is -0.940. The highest BCUT2D eigenvalue weighted by molar-refractivity contribution is 6.70. The van der Waals surface area contributed by atoms with E-state index in [1.807, 2.05) is 0 Å². The zero-order valence-electron chi connectivity index (χ0n) is 10.0. The molecular weight excluding hydrogens is 200 g/mol. The Kier molecular flexibility index (Phi) is 5.61. The van der Waals surface area contributed by atoms with Crippen molar-refractivity contribution in [3.8, 4) is 0 Å². The molecule has 1 aromatic carbocycles. The molecular formula is C12H22N2Si. The topological polar surface area (TPSA) is 15.3 Å². The van der Waals surface area contributed by atoms with E-state index < -0.39 is 8.96 Å². The number of nitrogens with one attached hydrogen (secondary N) is 1. The average molecular weight is 222 g/mol. The fraction of sp³-hybridized carbons (Fsp3) is 0.500. The van der Waals surface area contributed by atoms with Crippen LogP contribution in [0.3, 0.4) is 0 Å². The van der Waals surface area contributed by atoms with E-state index in [0.29, 0.717) is 0 Å². The average Bonchev–Trinajstić information content (AvgIpc) is 2.25. The van der Waals surface area contributed by atoms with Crippen molar-refractivity contribution >= 4 is 14.1 Å². The number of hydrogen-bond donors (Lipinski definition) is 1. The van der Waals surface area contributed by atoms with Crippen LogP contribution in [0.2, 0.25) is 6.04 Å². The van der Waals surface area contributed by atoms with Crippen molar-refractivity contribution in [1.82, 2.24) is 9.88 Å². The molecule has 1 N–H and O–H groups in total. The maximum atomic E-state index is 3.67. The van der Waals surface area contributed by atoms with Gasteiger partial charge in [-0.25, -0.2) is 0 Å². The molecule has 1 unspecified atom stereocenters. The molecule has 84 valence electrons. The number of hydrogen-bond acceptors (Lipinski definition) is 2. The molecule has 0 aliphatic heterocycles. The van der Waals surface area contributed by atoms with E-state index in [4.69, 9.17) is 0 Å². The van der Waals surface area contributed by atoms with Crippen molar-refractivity contribution in [2.45, 2.75) is 13.0 Å². The predicted molar refractivity (Wildman–Crippen MR) is 70.3 cm³/mol. The second-order valence-electron chi connectivity index (χ2n) is 4.11. The summed E-state index contributed by atoms with van der Waals surface area (Å²) in [4.78, 5) is 5.93. The van der Waals surface area contributed by atoms with E-state index in [2.05, 4.69) is 61.2 Å². The summed E-state index contributed by atoms with van der Waals surface area (Å²) in [6, 6.07) is 12.2. The Hall–Kier alpha value is -0.643. The molecule has 0 bridgehead atoms. The lowest BCUT2D eigenvalue weighted by Gasteiger charge is -2.18. The first-order chi connectivity index (χ1) is 7.24. The van der Waals surface area contributed by atoms with Gasteiger partial charge in [0.15, 0.2) is 0 Å². The second-order valence-corrected chi connectivity index (χ2v) is 6.87. The standard InChI is InChI=1S/C12H22N2Si/c1-4-13-15(11-10-14(2)3)12-8-6-5-7-9-12/h5-9,13,15H,4,10-11H2,1-3H3. The van der Waals surface area contributed by atoms with Gasteiger partial charge in [-0.1, -0.05) is 37.3 Å². The highest BCUT2D eigenvalue weighted by Gasteiger charge is 2.11. The van der Waals surface area contributed by atoms with Crippen LogP contribution in [0.4, 0.5) is 0 Å². The van der Waals surface area contributed by atoms with Crippen molar-refractivity contribution in [3.63, 3.8) is 0 Å². The maximum Gasteiger partial charge on any atom is 0.142 e. The quantitative estimate of drug-likeness (QED) is 0.716. The summed E-state index contributed by atoms with van der Waals surface area (Å²) in [5.74, 6) is 0. The van der Waals surface area contributed by atoms with Crippen LogP contribution in [-0.2, 0) is 0 Å². The first kappa shape index (κ1) is 12.4. The van der Waals surface area contributed by atoms with Crippen molar-refractivity contribution in [3.05, 3.63) is 30.3 Å². The smallest absolute Gasteiger partial charge is 0.142 e. The van der Waals surface area contributed by atoms with Crippen molar-refractivity contribution in [1.29, 1.82) is 0 Å². The minimum Gasteiger partial charge on any atom is -0.336 e. The molecule has 1 rings (SSSR count). The fourth-order valence-electron chi connectivity index (χ4n) is 1.71. The Morgan fingerprint density at radius 2 is 1.87 bits per heavy atom. The molecule has 1 aromatic rings. The van der Waals surface area contributed by atoms with Gasteiger partial charge in [-0.2, -0.15) is 0 Å². The summed E-state index contributed by atoms with van der Waals surface area (Å²) < 4.78 is 0. The van der Waals surface area contributed by atoms with Gasteiger partial charge in [0.05, 0.1) is 0 Å². The number of rotatable bonds is 6. The lowest BCUT2D eigenvalue weighted by atomic mass is 10.4. The van der Waals surface area contributed by atoms with Crippen LogP contribution < -0.4 is 10.2 Å². The third kappa shape index (κ3) is 4.60. The van der Waals surface area contributed by atoms with Gasteiger partial charge >= 0.3 is 0 Å². The third-order valence-electron chi connectivity index (χ3n) is 2.52. The lowest BCUT2D eigenvalue weighted by molar-refractivity contribution is 0.432. The van der Waals surface area contributed by atoms with Crippen LogP contribution in [0.1, 0.15) is 6.92 Å². The van der Waals surface area contributed by atoms with E-state index in [1.54, 1.807) is 0 Å². The zero-order chi connectivity index (χ0) is 11.1. The van der Waals surface area contributed by atoms with Gasteiger partial charge in [-0.05, 0) is 38.4 Å². The Balaban J connectivity index is 2.57. The number of benzene rings is 1. The summed E-state index contributed by atoms with van der Waals surface area (Å²) in [5.41, 5.74) is 0. The molecule has 0 aliphatic carbocycles. The molecule has 0 saturated heterocycles. The Bertz CT molecular complexity index is 262. The maximum absolute atomic E-state index is 3.67. The van der Waals surface area contributed by atoms with E-state index in [1.165, 1.54) is 17.8 Å². The van der Waals surface area contributed by atoms with Crippen LogP contribution in [0.15, 0.2) is 30.3 Å². The largest absolute Gasteiger partial charge is 0.336 e. The molecule has 15 heavy (non-hydrogen) atoms. The molecule has 0 radical (unpaired) electrons. The van der Waals surface area contributed by atoms with Gasteiger partial charge in [0.25, 0.3) is 0 Å². The predicted octanol–water partition coefficient (Wildman–Crippen LogP) is 0.788. The van der Waals surface area contributed by atoms with Crippen LogP contribution in [0.5, 0.6) is 0 Å². The van der Waals surface area contributed by atoms with Crippen molar-refractivity contribution in [2.75, 3.05) is 27.2 Å². The number of nitrogens with zero attached hydrogens (tertiary/aromatic N) is 1. The fourth-order valence-corrected chi connectivity index (χ4v) is 4.43. The molecule has 3 heteroatoms. The molecule has 0 fully saturated rings. The monoisotopic (exact) mass is 222 g/mol. The first-order valence-corrected chi connectivity index (χ1v) is 7.64. The zero-order valence-corrected chi connectivity index (χ0v) is 11.2. The summed E-state index contributed by atoms with van der Waals surface area (Å²) in [6.45, 7) is 4.45. The second kappa shape index (κ2) is 6.77. The van der Waals surface area contributed by atoms with Gasteiger partial charge in [0.2, 0.25) is 0 Å². The normalized spacial score (nSPS) is 13.1. The van der Waals surface area contributed by atoms with Crippen LogP contribution in [0.25, 0.3) is 0 Å². The summed E-state index contributed by atoms with van der Waals surface area (Å²) in [7, 11) is 3.34. The van der Waals surface area contributed by atoms with Crippen LogP contribution >= 0.6 is 0 Å². The summed E-state index contributed by atoms with van der Waals surface area (Å²) >= 11 is 0. The lowest BCUT2D eigenvalue weighted by Crippen LogP contribution is -2.46. The molecule has 0 amide bonds. The van der Waals surface area contributed by atoms with E-state index >= 15 is 0 Å². The van der Waals surface area contributed by atoms with Crippen LogP contribution in [-0.4, -0.2) is 41.0 Å². The van der Waals surface area contributed by atoms with Gasteiger partial charge in [-0.15, -0.1) is 0 Å². The molecule has 0 aliphatic rings. The van der Waals surface area contributed by atoms with Crippen LogP contribution in [0, 0.1) is 0 Å². The molecule has 0 heterocycles. The SMILES string of the molecule is CCN[SiH](CCN(C)C)c1ccccc1. The minimum absolute atomic E-state index is 0.940. The van der Waals surface area contributed by atoms with Gasteiger partial charge in [-0.3, -0.25) is 0 Å². The molecule has 0 saturated carbocycles. The molecule has 0 aromatic heterocycles. The first-order valence-electron chi connectivity index (χ1n) is 5.67. The van der Waals surface area contributed by atoms with Gasteiger partial charge < -0.3 is 9.88 Å². The Morgan fingerprint density at radius 1 is 1.20 bits per heavy atom. The highest BCUT2D eigenvalue weighted by Crippen LogP contribution is 1.94. The summed E-state index contributed by atoms with van der Waals surface area (Å²) in [6.07, 6.45) is 0. The molecule has 2 nitrogen and oxygen atoms in total. The van der Waals surface area contributed by atoms with Crippen molar-refractivity contribution in [2.24, 2.45) is 0 Å². The third-order valence-corrected chi connectivity index (χ3v) is 5.44. The Labute approximate surface area is 95.0 Å². The van der Waals surface area contributed by atoms with E-state index in [-0.39, 0.29) is 0 Å². The highest BCUT2D eigenvalue weighted by atomic mass is 28.3. The van der Waals surface area contributed by atoms with Gasteiger partial charge in [0.1, 0.15) is 8.96 Å². The Morgan fingerprint density at radius 3 is 2.40 bits per heavy atom. The van der Waals surface area contributed by atoms with Gasteiger partial charge in [0, 0.05) is 0 Å².